The van der Waals surface area contributed by atoms with Crippen molar-refractivity contribution in [2.75, 3.05) is 5.73 Å². The summed E-state index contributed by atoms with van der Waals surface area (Å²) in [5, 5.41) is 14.8. The molecular formula is C17H14ClN3O2S. The number of hydrogen-bond donors (Lipinski definition) is 3. The molecule has 1 aromatic carbocycles. The lowest BCUT2D eigenvalue weighted by Crippen LogP contribution is -2.29. The van der Waals surface area contributed by atoms with Gasteiger partial charge >= 0.3 is 0 Å². The van der Waals surface area contributed by atoms with Crippen LogP contribution in [0.1, 0.15) is 26.8 Å². The fourth-order valence-electron chi connectivity index (χ4n) is 2.33. The molecule has 24 heavy (non-hydrogen) atoms. The molecule has 5 nitrogen and oxygen atoms in total. The summed E-state index contributed by atoms with van der Waals surface area (Å²) in [6.07, 6.45) is 0. The van der Waals surface area contributed by atoms with Gasteiger partial charge in [-0.1, -0.05) is 29.8 Å². The van der Waals surface area contributed by atoms with Gasteiger partial charge in [-0.3, -0.25) is 4.79 Å². The molecule has 1 amide bonds. The molecule has 0 aliphatic rings. The van der Waals surface area contributed by atoms with Gasteiger partial charge in [0.15, 0.2) is 0 Å². The largest absolute Gasteiger partial charge is 0.508 e. The van der Waals surface area contributed by atoms with Gasteiger partial charge in [0.1, 0.15) is 16.7 Å². The van der Waals surface area contributed by atoms with Gasteiger partial charge in [0.2, 0.25) is 0 Å². The Bertz CT molecular complexity index is 868. The Morgan fingerprint density at radius 3 is 2.75 bits per heavy atom. The average Bonchev–Trinajstić information content (AvgIpc) is 3.06. The number of benzene rings is 1. The van der Waals surface area contributed by atoms with E-state index < -0.39 is 6.04 Å². The maximum Gasteiger partial charge on any atom is 0.255 e. The van der Waals surface area contributed by atoms with Gasteiger partial charge < -0.3 is 16.2 Å². The van der Waals surface area contributed by atoms with Crippen molar-refractivity contribution >= 4 is 34.7 Å². The third kappa shape index (κ3) is 3.50. The fourth-order valence-corrected chi connectivity index (χ4v) is 3.29. The molecule has 122 valence electrons. The van der Waals surface area contributed by atoms with E-state index in [4.69, 9.17) is 17.3 Å². The Morgan fingerprint density at radius 2 is 2.08 bits per heavy atom. The van der Waals surface area contributed by atoms with Crippen molar-refractivity contribution in [3.05, 3.63) is 75.1 Å². The van der Waals surface area contributed by atoms with Crippen molar-refractivity contribution in [3.8, 4) is 5.75 Å². The molecule has 2 heterocycles. The highest BCUT2D eigenvalue weighted by Crippen LogP contribution is 2.28. The van der Waals surface area contributed by atoms with E-state index in [0.29, 0.717) is 0 Å². The Morgan fingerprint density at radius 1 is 1.25 bits per heavy atom. The molecule has 4 N–H and O–H groups in total. The van der Waals surface area contributed by atoms with Crippen molar-refractivity contribution < 1.29 is 9.90 Å². The monoisotopic (exact) mass is 359 g/mol. The maximum atomic E-state index is 12.6. The number of rotatable bonds is 4. The molecule has 1 unspecified atom stereocenters. The van der Waals surface area contributed by atoms with Crippen molar-refractivity contribution in [2.45, 2.75) is 6.04 Å². The average molecular weight is 360 g/mol. The summed E-state index contributed by atoms with van der Waals surface area (Å²) >= 11 is 7.28. The first kappa shape index (κ1) is 16.3. The minimum atomic E-state index is -0.403. The smallest absolute Gasteiger partial charge is 0.255 e. The van der Waals surface area contributed by atoms with Crippen LogP contribution in [-0.4, -0.2) is 16.0 Å². The molecule has 0 spiro atoms. The first-order valence-corrected chi connectivity index (χ1v) is 8.35. The lowest BCUT2D eigenvalue weighted by Gasteiger charge is -2.19. The van der Waals surface area contributed by atoms with E-state index in [9.17, 15) is 9.90 Å². The number of phenolic OH excluding ortho intramolecular Hbond substituents is 1. The SMILES string of the molecule is Nc1nc(Cl)ccc1C(=O)NC(c1cccc(O)c1)c1cccs1. The quantitative estimate of drug-likeness (QED) is 0.621. The number of phenols is 1. The zero-order valence-corrected chi connectivity index (χ0v) is 14.0. The van der Waals surface area contributed by atoms with E-state index in [-0.39, 0.29) is 28.2 Å². The van der Waals surface area contributed by atoms with E-state index in [1.165, 1.54) is 23.5 Å². The number of thiophene rings is 1. The number of carbonyl (C=O) groups is 1. The summed E-state index contributed by atoms with van der Waals surface area (Å²) in [6.45, 7) is 0. The van der Waals surface area contributed by atoms with Crippen molar-refractivity contribution in [1.29, 1.82) is 0 Å². The van der Waals surface area contributed by atoms with Gasteiger partial charge in [0.05, 0.1) is 11.6 Å². The third-order valence-electron chi connectivity index (χ3n) is 3.44. The van der Waals surface area contributed by atoms with E-state index >= 15 is 0 Å². The summed E-state index contributed by atoms with van der Waals surface area (Å²) < 4.78 is 0. The lowest BCUT2D eigenvalue weighted by molar-refractivity contribution is 0.0944. The van der Waals surface area contributed by atoms with Crippen LogP contribution in [0.5, 0.6) is 5.75 Å². The minimum Gasteiger partial charge on any atom is -0.508 e. The highest BCUT2D eigenvalue weighted by atomic mass is 35.5. The molecule has 0 fully saturated rings. The molecule has 1 atom stereocenters. The molecular weight excluding hydrogens is 346 g/mol. The van der Waals surface area contributed by atoms with Crippen LogP contribution < -0.4 is 11.1 Å². The topological polar surface area (TPSA) is 88.2 Å². The number of aromatic hydroxyl groups is 1. The Hall–Kier alpha value is -2.57. The predicted octanol–water partition coefficient (Wildman–Crippen LogP) is 3.60. The summed E-state index contributed by atoms with van der Waals surface area (Å²) in [5.74, 6) is -0.157. The number of nitrogens with zero attached hydrogens (tertiary/aromatic N) is 1. The molecule has 0 aliphatic heterocycles. The zero-order chi connectivity index (χ0) is 17.1. The summed E-state index contributed by atoms with van der Waals surface area (Å²) in [5.41, 5.74) is 6.81. The molecule has 3 rings (SSSR count). The molecule has 0 saturated carbocycles. The van der Waals surface area contributed by atoms with Crippen molar-refractivity contribution in [2.24, 2.45) is 0 Å². The highest BCUT2D eigenvalue weighted by molar-refractivity contribution is 7.10. The van der Waals surface area contributed by atoms with Crippen LogP contribution >= 0.6 is 22.9 Å². The van der Waals surface area contributed by atoms with Gasteiger partial charge in [-0.15, -0.1) is 11.3 Å². The van der Waals surface area contributed by atoms with Gasteiger partial charge in [-0.25, -0.2) is 4.98 Å². The second kappa shape index (κ2) is 6.90. The number of carbonyl (C=O) groups excluding carboxylic acids is 1. The molecule has 0 bridgehead atoms. The number of halogens is 1. The van der Waals surface area contributed by atoms with E-state index in [1.807, 2.05) is 23.6 Å². The standard InChI is InChI=1S/C17H14ClN3O2S/c18-14-7-6-12(16(19)20-14)17(23)21-15(13-5-2-8-24-13)10-3-1-4-11(22)9-10/h1-9,15,22H,(H2,19,20)(H,21,23). The summed E-state index contributed by atoms with van der Waals surface area (Å²) in [4.78, 5) is 17.4. The zero-order valence-electron chi connectivity index (χ0n) is 12.4. The Labute approximate surface area is 147 Å². The van der Waals surface area contributed by atoms with E-state index in [2.05, 4.69) is 10.3 Å². The highest BCUT2D eigenvalue weighted by Gasteiger charge is 2.21. The Balaban J connectivity index is 1.94. The number of nitrogen functional groups attached to an aromatic ring is 1. The third-order valence-corrected chi connectivity index (χ3v) is 4.59. The summed E-state index contributed by atoms with van der Waals surface area (Å²) in [6, 6.07) is 13.2. The molecule has 0 aliphatic carbocycles. The minimum absolute atomic E-state index is 0.0702. The number of hydrogen-bond acceptors (Lipinski definition) is 5. The number of anilines is 1. The Kier molecular flexibility index (Phi) is 4.69. The lowest BCUT2D eigenvalue weighted by atomic mass is 10.0. The molecule has 0 saturated heterocycles. The van der Waals surface area contributed by atoms with E-state index in [1.54, 1.807) is 18.2 Å². The normalized spacial score (nSPS) is 11.9. The van der Waals surface area contributed by atoms with Crippen LogP contribution in [0.25, 0.3) is 0 Å². The second-order valence-electron chi connectivity index (χ2n) is 5.08. The van der Waals surface area contributed by atoms with Crippen LogP contribution in [0.2, 0.25) is 5.15 Å². The number of nitrogens with two attached hydrogens (primary N) is 1. The van der Waals surface area contributed by atoms with Crippen LogP contribution in [-0.2, 0) is 0 Å². The number of aromatic nitrogens is 1. The number of pyridine rings is 1. The van der Waals surface area contributed by atoms with Crippen molar-refractivity contribution in [3.63, 3.8) is 0 Å². The van der Waals surface area contributed by atoms with Gasteiger partial charge in [-0.2, -0.15) is 0 Å². The molecule has 0 radical (unpaired) electrons. The van der Waals surface area contributed by atoms with Crippen LogP contribution in [0, 0.1) is 0 Å². The van der Waals surface area contributed by atoms with Crippen LogP contribution in [0.3, 0.4) is 0 Å². The number of nitrogens with one attached hydrogen (secondary N) is 1. The molecule has 2 aromatic heterocycles. The predicted molar refractivity (Wildman–Crippen MR) is 95.4 cm³/mol. The van der Waals surface area contributed by atoms with Crippen molar-refractivity contribution in [1.82, 2.24) is 10.3 Å². The van der Waals surface area contributed by atoms with Gasteiger partial charge in [0.25, 0.3) is 5.91 Å². The van der Waals surface area contributed by atoms with Gasteiger partial charge in [0, 0.05) is 4.88 Å². The molecule has 3 aromatic rings. The first-order chi connectivity index (χ1) is 11.5. The van der Waals surface area contributed by atoms with Crippen LogP contribution in [0.4, 0.5) is 5.82 Å². The van der Waals surface area contributed by atoms with Gasteiger partial charge in [-0.05, 0) is 41.3 Å². The summed E-state index contributed by atoms with van der Waals surface area (Å²) in [7, 11) is 0. The van der Waals surface area contributed by atoms with Crippen LogP contribution in [0.15, 0.2) is 53.9 Å². The maximum absolute atomic E-state index is 12.6. The second-order valence-corrected chi connectivity index (χ2v) is 6.45. The first-order valence-electron chi connectivity index (χ1n) is 7.10. The fraction of sp³-hybridized carbons (Fsp3) is 0.0588. The van der Waals surface area contributed by atoms with E-state index in [0.717, 1.165) is 10.4 Å². The molecule has 7 heteroatoms. The number of amides is 1.